The van der Waals surface area contributed by atoms with Crippen LogP contribution in [0.15, 0.2) is 30.3 Å². The molecule has 0 bridgehead atoms. The molecular weight excluding hydrogens is 365 g/mol. The Balaban J connectivity index is 2.48. The highest BCUT2D eigenvalue weighted by atomic mass is 19.1. The van der Waals surface area contributed by atoms with Crippen LogP contribution in [0.4, 0.5) is 8.78 Å². The van der Waals surface area contributed by atoms with Crippen molar-refractivity contribution < 1.29 is 28.0 Å². The SMILES string of the molecule is COC(=O)c1ccc(-c2cc(B(O)OC(C)(C)C(C)C)c(F)cc2F)c(C)c1. The Hall–Kier alpha value is -2.25. The molecule has 0 aromatic heterocycles. The van der Waals surface area contributed by atoms with Crippen molar-refractivity contribution in [2.45, 2.75) is 40.2 Å². The van der Waals surface area contributed by atoms with E-state index in [4.69, 9.17) is 4.65 Å². The average molecular weight is 390 g/mol. The summed E-state index contributed by atoms with van der Waals surface area (Å²) in [7, 11) is -0.274. The van der Waals surface area contributed by atoms with E-state index in [1.165, 1.54) is 19.2 Å². The summed E-state index contributed by atoms with van der Waals surface area (Å²) in [6.07, 6.45) is 0. The van der Waals surface area contributed by atoms with Crippen LogP contribution >= 0.6 is 0 Å². The highest BCUT2D eigenvalue weighted by Gasteiger charge is 2.32. The molecule has 2 aromatic rings. The van der Waals surface area contributed by atoms with E-state index >= 15 is 0 Å². The molecule has 28 heavy (non-hydrogen) atoms. The molecule has 2 rings (SSSR count). The monoisotopic (exact) mass is 390 g/mol. The summed E-state index contributed by atoms with van der Waals surface area (Å²) in [5.74, 6) is -2.10. The molecule has 0 heterocycles. The second kappa shape index (κ2) is 8.41. The van der Waals surface area contributed by atoms with Crippen molar-refractivity contribution in [1.82, 2.24) is 0 Å². The number of methoxy groups -OCH3 is 1. The van der Waals surface area contributed by atoms with Gasteiger partial charge in [0.15, 0.2) is 0 Å². The summed E-state index contributed by atoms with van der Waals surface area (Å²) in [4.78, 5) is 11.7. The van der Waals surface area contributed by atoms with Crippen LogP contribution in [0.25, 0.3) is 11.1 Å². The van der Waals surface area contributed by atoms with Crippen molar-refractivity contribution in [2.75, 3.05) is 7.11 Å². The number of rotatable bonds is 6. The van der Waals surface area contributed by atoms with E-state index in [9.17, 15) is 18.6 Å². The maximum absolute atomic E-state index is 14.5. The predicted molar refractivity (Wildman–Crippen MR) is 105 cm³/mol. The molecule has 4 nitrogen and oxygen atoms in total. The Labute approximate surface area is 164 Å². The second-order valence-electron chi connectivity index (χ2n) is 7.60. The van der Waals surface area contributed by atoms with Crippen LogP contribution < -0.4 is 5.46 Å². The molecule has 150 valence electrons. The van der Waals surface area contributed by atoms with Gasteiger partial charge in [0, 0.05) is 17.1 Å². The largest absolute Gasteiger partial charge is 0.494 e. The number of halogens is 2. The minimum atomic E-state index is -1.55. The average Bonchev–Trinajstić information content (AvgIpc) is 2.61. The third-order valence-electron chi connectivity index (χ3n) is 5.10. The number of ether oxygens (including phenoxy) is 1. The Morgan fingerprint density at radius 3 is 2.29 bits per heavy atom. The Kier molecular flexibility index (Phi) is 6.62. The Morgan fingerprint density at radius 1 is 1.11 bits per heavy atom. The van der Waals surface area contributed by atoms with Crippen LogP contribution in [0.1, 0.15) is 43.6 Å². The first-order chi connectivity index (χ1) is 13.0. The first-order valence-electron chi connectivity index (χ1n) is 9.02. The zero-order valence-corrected chi connectivity index (χ0v) is 17.0. The molecular formula is C21H25BF2O4. The number of carbonyl (C=O) groups is 1. The van der Waals surface area contributed by atoms with Crippen molar-refractivity contribution in [3.05, 3.63) is 53.1 Å². The van der Waals surface area contributed by atoms with Gasteiger partial charge in [-0.25, -0.2) is 13.6 Å². The topological polar surface area (TPSA) is 55.8 Å². The Bertz CT molecular complexity index is 881. The summed E-state index contributed by atoms with van der Waals surface area (Å²) in [6.45, 7) is 9.13. The van der Waals surface area contributed by atoms with Gasteiger partial charge in [-0.15, -0.1) is 0 Å². The first-order valence-corrected chi connectivity index (χ1v) is 9.02. The third-order valence-corrected chi connectivity index (χ3v) is 5.10. The highest BCUT2D eigenvalue weighted by molar-refractivity contribution is 6.60. The van der Waals surface area contributed by atoms with Gasteiger partial charge in [-0.1, -0.05) is 19.9 Å². The summed E-state index contributed by atoms with van der Waals surface area (Å²) in [5.41, 5.74) is 0.655. The molecule has 0 aliphatic rings. The summed E-state index contributed by atoms with van der Waals surface area (Å²) in [5, 5.41) is 10.4. The van der Waals surface area contributed by atoms with Gasteiger partial charge >= 0.3 is 13.1 Å². The van der Waals surface area contributed by atoms with Crippen molar-refractivity contribution in [3.8, 4) is 11.1 Å². The van der Waals surface area contributed by atoms with Gasteiger partial charge in [0.2, 0.25) is 0 Å². The van der Waals surface area contributed by atoms with E-state index in [0.29, 0.717) is 16.7 Å². The summed E-state index contributed by atoms with van der Waals surface area (Å²) < 4.78 is 39.1. The molecule has 0 unspecified atom stereocenters. The maximum atomic E-state index is 14.5. The van der Waals surface area contributed by atoms with Crippen LogP contribution in [-0.2, 0) is 9.39 Å². The van der Waals surface area contributed by atoms with Gasteiger partial charge in [0.05, 0.1) is 18.3 Å². The normalized spacial score (nSPS) is 11.6. The molecule has 0 aliphatic heterocycles. The number of esters is 1. The quantitative estimate of drug-likeness (QED) is 0.601. The van der Waals surface area contributed by atoms with Crippen LogP contribution in [0.2, 0.25) is 0 Å². The molecule has 0 fully saturated rings. The second-order valence-corrected chi connectivity index (χ2v) is 7.60. The zero-order valence-electron chi connectivity index (χ0n) is 17.0. The Morgan fingerprint density at radius 2 is 1.75 bits per heavy atom. The van der Waals surface area contributed by atoms with E-state index in [-0.39, 0.29) is 16.9 Å². The molecule has 1 N–H and O–H groups in total. The van der Waals surface area contributed by atoms with E-state index in [0.717, 1.165) is 6.07 Å². The van der Waals surface area contributed by atoms with Gasteiger partial charge < -0.3 is 14.4 Å². The van der Waals surface area contributed by atoms with Crippen LogP contribution in [-0.4, -0.2) is 30.8 Å². The molecule has 0 amide bonds. The van der Waals surface area contributed by atoms with Gasteiger partial charge in [0.1, 0.15) is 11.6 Å². The molecule has 2 aromatic carbocycles. The van der Waals surface area contributed by atoms with Crippen molar-refractivity contribution >= 4 is 18.6 Å². The smallest absolute Gasteiger partial charge is 0.465 e. The number of carbonyl (C=O) groups excluding carboxylic acids is 1. The van der Waals surface area contributed by atoms with Crippen LogP contribution in [0, 0.1) is 24.5 Å². The summed E-state index contributed by atoms with van der Waals surface area (Å²) >= 11 is 0. The lowest BCUT2D eigenvalue weighted by molar-refractivity contribution is 0.0421. The van der Waals surface area contributed by atoms with E-state index in [2.05, 4.69) is 4.74 Å². The standard InChI is InChI=1S/C21H25BF2O4/c1-12(2)21(4,5)28-22(26)17-10-16(18(23)11-19(17)24)15-8-7-14(9-13(15)3)20(25)27-6/h7-12,26H,1-6H3. The molecule has 0 radical (unpaired) electrons. The molecule has 0 saturated heterocycles. The fourth-order valence-electron chi connectivity index (χ4n) is 2.66. The molecule has 0 saturated carbocycles. The maximum Gasteiger partial charge on any atom is 0.494 e. The number of aryl methyl sites for hydroxylation is 1. The van der Waals surface area contributed by atoms with Crippen molar-refractivity contribution in [3.63, 3.8) is 0 Å². The highest BCUT2D eigenvalue weighted by Crippen LogP contribution is 2.28. The van der Waals surface area contributed by atoms with E-state index < -0.39 is 30.3 Å². The van der Waals surface area contributed by atoms with E-state index in [1.54, 1.807) is 32.9 Å². The van der Waals surface area contributed by atoms with Crippen molar-refractivity contribution in [2.24, 2.45) is 5.92 Å². The zero-order chi connectivity index (χ0) is 21.2. The lowest BCUT2D eigenvalue weighted by atomic mass is 9.75. The van der Waals surface area contributed by atoms with Gasteiger partial charge in [-0.3, -0.25) is 0 Å². The molecule has 7 heteroatoms. The fourth-order valence-corrected chi connectivity index (χ4v) is 2.66. The molecule has 0 aliphatic carbocycles. The number of benzene rings is 2. The minimum absolute atomic E-state index is 0.0678. The van der Waals surface area contributed by atoms with Crippen molar-refractivity contribution in [1.29, 1.82) is 0 Å². The van der Waals surface area contributed by atoms with Gasteiger partial charge in [-0.2, -0.15) is 0 Å². The predicted octanol–water partition coefficient (Wildman–Crippen LogP) is 3.87. The molecule has 0 atom stereocenters. The number of hydrogen-bond donors (Lipinski definition) is 1. The van der Waals surface area contributed by atoms with Crippen LogP contribution in [0.5, 0.6) is 0 Å². The van der Waals surface area contributed by atoms with Gasteiger partial charge in [-0.05, 0) is 56.0 Å². The molecule has 0 spiro atoms. The van der Waals surface area contributed by atoms with Crippen LogP contribution in [0.3, 0.4) is 0 Å². The fraction of sp³-hybridized carbons (Fsp3) is 0.381. The minimum Gasteiger partial charge on any atom is -0.465 e. The summed E-state index contributed by atoms with van der Waals surface area (Å²) in [6, 6.07) is 6.61. The number of hydrogen-bond acceptors (Lipinski definition) is 4. The van der Waals surface area contributed by atoms with E-state index in [1.807, 2.05) is 13.8 Å². The van der Waals surface area contributed by atoms with Gasteiger partial charge in [0.25, 0.3) is 0 Å². The lowest BCUT2D eigenvalue weighted by Crippen LogP contribution is -2.45. The lowest BCUT2D eigenvalue weighted by Gasteiger charge is -2.31. The first kappa shape index (κ1) is 22.0. The third kappa shape index (κ3) is 4.59.